The third-order valence-corrected chi connectivity index (χ3v) is 5.16. The quantitative estimate of drug-likeness (QED) is 0.545. The number of rotatable bonds is 7. The minimum atomic E-state index is 0.162. The van der Waals surface area contributed by atoms with E-state index in [-0.39, 0.29) is 6.10 Å². The second-order valence-corrected chi connectivity index (χ2v) is 8.01. The van der Waals surface area contributed by atoms with E-state index in [4.69, 9.17) is 14.9 Å². The number of aryl methyl sites for hydroxylation is 2. The number of aliphatic imine (C=N–C) groups is 1. The van der Waals surface area contributed by atoms with Crippen molar-refractivity contribution in [3.05, 3.63) is 41.6 Å². The Morgan fingerprint density at radius 2 is 1.97 bits per heavy atom. The van der Waals surface area contributed by atoms with Crippen LogP contribution in [0.25, 0.3) is 0 Å². The summed E-state index contributed by atoms with van der Waals surface area (Å²) in [7, 11) is 0. The topological polar surface area (TPSA) is 88.9 Å². The van der Waals surface area contributed by atoms with Gasteiger partial charge in [-0.2, -0.15) is 0 Å². The Morgan fingerprint density at radius 1 is 1.28 bits per heavy atom. The van der Waals surface area contributed by atoms with Crippen LogP contribution in [0.15, 0.2) is 33.7 Å². The summed E-state index contributed by atoms with van der Waals surface area (Å²) in [4.78, 5) is 11.4. The molecule has 2 aromatic rings. The van der Waals surface area contributed by atoms with Gasteiger partial charge in [-0.05, 0) is 83.8 Å². The molecule has 158 valence electrons. The van der Waals surface area contributed by atoms with Crippen LogP contribution in [0.3, 0.4) is 0 Å². The van der Waals surface area contributed by atoms with Gasteiger partial charge in [0.15, 0.2) is 5.96 Å². The van der Waals surface area contributed by atoms with Gasteiger partial charge in [0.2, 0.25) is 5.89 Å². The summed E-state index contributed by atoms with van der Waals surface area (Å²) in [5.74, 6) is 3.59. The Morgan fingerprint density at radius 3 is 2.55 bits per heavy atom. The lowest BCUT2D eigenvalue weighted by Gasteiger charge is -2.30. The third kappa shape index (κ3) is 6.49. The van der Waals surface area contributed by atoms with Crippen molar-refractivity contribution in [2.75, 3.05) is 25.0 Å². The van der Waals surface area contributed by atoms with Crippen LogP contribution in [0.1, 0.15) is 44.0 Å². The number of nitrogens with zero attached hydrogens (tertiary/aromatic N) is 3. The molecule has 0 atom stereocenters. The standard InChI is InChI=1S/C22H33N5O2/c1-15(2)28-20-7-5-19(6-8-20)26-22(23)24-13-18-9-11-27(12-10-18)14-21-25-16(3)17(4)29-21/h5-8,15,18H,9-14H2,1-4H3,(H3,23,24,26). The number of ether oxygens (including phenoxy) is 1. The monoisotopic (exact) mass is 399 g/mol. The summed E-state index contributed by atoms with van der Waals surface area (Å²) in [5, 5.41) is 3.15. The molecular weight excluding hydrogens is 366 g/mol. The molecule has 0 aliphatic carbocycles. The summed E-state index contributed by atoms with van der Waals surface area (Å²) in [6, 6.07) is 7.76. The van der Waals surface area contributed by atoms with Crippen LogP contribution in [-0.4, -0.2) is 41.6 Å². The first-order valence-corrected chi connectivity index (χ1v) is 10.4. The zero-order chi connectivity index (χ0) is 20.8. The van der Waals surface area contributed by atoms with Gasteiger partial charge in [-0.3, -0.25) is 9.89 Å². The number of benzene rings is 1. The number of nitrogens with two attached hydrogens (primary N) is 1. The molecule has 1 saturated heterocycles. The van der Waals surface area contributed by atoms with Gasteiger partial charge < -0.3 is 20.2 Å². The van der Waals surface area contributed by atoms with Crippen LogP contribution in [0, 0.1) is 19.8 Å². The van der Waals surface area contributed by atoms with Gasteiger partial charge in [0.1, 0.15) is 11.5 Å². The first-order valence-electron chi connectivity index (χ1n) is 10.4. The fourth-order valence-corrected chi connectivity index (χ4v) is 3.43. The van der Waals surface area contributed by atoms with E-state index in [1.165, 1.54) is 0 Å². The van der Waals surface area contributed by atoms with E-state index in [9.17, 15) is 0 Å². The number of likely N-dealkylation sites (tertiary alicyclic amines) is 1. The normalized spacial score (nSPS) is 16.4. The maximum Gasteiger partial charge on any atom is 0.208 e. The van der Waals surface area contributed by atoms with E-state index in [0.29, 0.717) is 11.9 Å². The Bertz CT molecular complexity index is 786. The molecule has 1 aromatic carbocycles. The molecule has 3 rings (SSSR count). The Balaban J connectivity index is 1.41. The number of nitrogens with one attached hydrogen (secondary N) is 1. The second-order valence-electron chi connectivity index (χ2n) is 8.01. The van der Waals surface area contributed by atoms with Crippen LogP contribution < -0.4 is 15.8 Å². The second kappa shape index (κ2) is 9.78. The van der Waals surface area contributed by atoms with Gasteiger partial charge in [-0.15, -0.1) is 0 Å². The highest BCUT2D eigenvalue weighted by Crippen LogP contribution is 2.20. The van der Waals surface area contributed by atoms with Crippen molar-refractivity contribution < 1.29 is 9.15 Å². The maximum atomic E-state index is 6.06. The molecule has 0 spiro atoms. The predicted octanol–water partition coefficient (Wildman–Crippen LogP) is 3.72. The fourth-order valence-electron chi connectivity index (χ4n) is 3.43. The molecule has 2 heterocycles. The lowest BCUT2D eigenvalue weighted by molar-refractivity contribution is 0.166. The fraction of sp³-hybridized carbons (Fsp3) is 0.545. The smallest absolute Gasteiger partial charge is 0.208 e. The van der Waals surface area contributed by atoms with Crippen LogP contribution in [0.4, 0.5) is 5.69 Å². The number of hydrogen-bond donors (Lipinski definition) is 2. The number of hydrogen-bond acceptors (Lipinski definition) is 5. The summed E-state index contributed by atoms with van der Waals surface area (Å²) in [6.45, 7) is 11.6. The third-order valence-electron chi connectivity index (χ3n) is 5.16. The van der Waals surface area contributed by atoms with E-state index in [1.54, 1.807) is 0 Å². The Kier molecular flexibility index (Phi) is 7.14. The summed E-state index contributed by atoms with van der Waals surface area (Å²) in [5.41, 5.74) is 7.96. The molecule has 0 bridgehead atoms. The van der Waals surface area contributed by atoms with E-state index in [0.717, 1.165) is 67.8 Å². The largest absolute Gasteiger partial charge is 0.491 e. The highest BCUT2D eigenvalue weighted by atomic mass is 16.5. The molecule has 1 aliphatic heterocycles. The SMILES string of the molecule is Cc1nc(CN2CCC(CN=C(N)Nc3ccc(OC(C)C)cc3)CC2)oc1C. The number of anilines is 1. The Labute approximate surface area is 173 Å². The molecule has 0 saturated carbocycles. The average Bonchev–Trinajstić information content (AvgIpc) is 2.99. The number of piperidine rings is 1. The average molecular weight is 400 g/mol. The van der Waals surface area contributed by atoms with Crippen LogP contribution >= 0.6 is 0 Å². The summed E-state index contributed by atoms with van der Waals surface area (Å²) < 4.78 is 11.3. The van der Waals surface area contributed by atoms with Gasteiger partial charge in [0, 0.05) is 12.2 Å². The molecule has 7 nitrogen and oxygen atoms in total. The zero-order valence-corrected chi connectivity index (χ0v) is 17.9. The van der Waals surface area contributed by atoms with Gasteiger partial charge in [-0.1, -0.05) is 0 Å². The lowest BCUT2D eigenvalue weighted by Crippen LogP contribution is -2.34. The molecule has 3 N–H and O–H groups in total. The first kappa shape index (κ1) is 21.2. The van der Waals surface area contributed by atoms with E-state index in [2.05, 4.69) is 20.2 Å². The summed E-state index contributed by atoms with van der Waals surface area (Å²) >= 11 is 0. The minimum Gasteiger partial charge on any atom is -0.491 e. The highest BCUT2D eigenvalue weighted by molar-refractivity contribution is 5.92. The number of aromatic nitrogens is 1. The molecule has 1 fully saturated rings. The number of oxazole rings is 1. The van der Waals surface area contributed by atoms with Crippen molar-refractivity contribution in [3.8, 4) is 5.75 Å². The van der Waals surface area contributed by atoms with Gasteiger partial charge >= 0.3 is 0 Å². The van der Waals surface area contributed by atoms with Crippen molar-refractivity contribution in [2.24, 2.45) is 16.6 Å². The van der Waals surface area contributed by atoms with Crippen molar-refractivity contribution >= 4 is 11.6 Å². The number of guanidine groups is 1. The van der Waals surface area contributed by atoms with Crippen LogP contribution in [0.5, 0.6) is 5.75 Å². The molecule has 0 unspecified atom stereocenters. The first-order chi connectivity index (χ1) is 13.9. The van der Waals surface area contributed by atoms with Gasteiger partial charge in [0.05, 0.1) is 18.3 Å². The van der Waals surface area contributed by atoms with Crippen molar-refractivity contribution in [1.29, 1.82) is 0 Å². The molecule has 1 aromatic heterocycles. The van der Waals surface area contributed by atoms with E-state index in [1.807, 2.05) is 52.0 Å². The predicted molar refractivity (Wildman–Crippen MR) is 116 cm³/mol. The minimum absolute atomic E-state index is 0.162. The molecule has 0 amide bonds. The van der Waals surface area contributed by atoms with E-state index >= 15 is 0 Å². The molecule has 1 aliphatic rings. The lowest BCUT2D eigenvalue weighted by atomic mass is 9.97. The van der Waals surface area contributed by atoms with Gasteiger partial charge in [0.25, 0.3) is 0 Å². The molecule has 29 heavy (non-hydrogen) atoms. The van der Waals surface area contributed by atoms with Crippen molar-refractivity contribution in [1.82, 2.24) is 9.88 Å². The van der Waals surface area contributed by atoms with Crippen LogP contribution in [0.2, 0.25) is 0 Å². The van der Waals surface area contributed by atoms with Crippen molar-refractivity contribution in [2.45, 2.75) is 53.2 Å². The van der Waals surface area contributed by atoms with Gasteiger partial charge in [-0.25, -0.2) is 4.98 Å². The summed E-state index contributed by atoms with van der Waals surface area (Å²) in [6.07, 6.45) is 2.38. The Hall–Kier alpha value is -2.54. The maximum absolute atomic E-state index is 6.06. The van der Waals surface area contributed by atoms with Crippen molar-refractivity contribution in [3.63, 3.8) is 0 Å². The van der Waals surface area contributed by atoms with Crippen LogP contribution in [-0.2, 0) is 6.54 Å². The molecular formula is C22H33N5O2. The van der Waals surface area contributed by atoms with E-state index < -0.39 is 0 Å². The molecule has 0 radical (unpaired) electrons. The highest BCUT2D eigenvalue weighted by Gasteiger charge is 2.20. The molecule has 7 heteroatoms. The zero-order valence-electron chi connectivity index (χ0n) is 17.9.